The summed E-state index contributed by atoms with van der Waals surface area (Å²) in [5, 5.41) is 1.16. The zero-order valence-electron chi connectivity index (χ0n) is 28.7. The lowest BCUT2D eigenvalue weighted by molar-refractivity contribution is 0.00989. The molecule has 43 heavy (non-hydrogen) atoms. The predicted octanol–water partition coefficient (Wildman–Crippen LogP) is 7.00. The van der Waals surface area contributed by atoms with Crippen LogP contribution in [0.25, 0.3) is 10.9 Å². The third-order valence-electron chi connectivity index (χ3n) is 8.14. The molecule has 1 aliphatic heterocycles. The number of aryl methyl sites for hydroxylation is 2. The molecule has 0 aliphatic carbocycles. The van der Waals surface area contributed by atoms with E-state index in [1.807, 2.05) is 42.7 Å². The Morgan fingerprint density at radius 2 is 1.77 bits per heavy atom. The lowest BCUT2D eigenvalue weighted by Crippen LogP contribution is -2.47. The van der Waals surface area contributed by atoms with Crippen LogP contribution in [-0.2, 0) is 20.4 Å². The van der Waals surface area contributed by atoms with Crippen molar-refractivity contribution in [2.45, 2.75) is 106 Å². The molecule has 0 bridgehead atoms. The van der Waals surface area contributed by atoms with Crippen molar-refractivity contribution in [1.29, 1.82) is 0 Å². The highest BCUT2D eigenvalue weighted by Gasteiger charge is 2.46. The lowest BCUT2D eigenvalue weighted by Gasteiger charge is -2.40. The first kappa shape index (κ1) is 35.1. The lowest BCUT2D eigenvalue weighted by atomic mass is 9.77. The van der Waals surface area contributed by atoms with Gasteiger partial charge >= 0.3 is 6.09 Å². The van der Waals surface area contributed by atoms with E-state index >= 15 is 0 Å². The van der Waals surface area contributed by atoms with Crippen molar-refractivity contribution >= 4 is 31.9 Å². The monoisotopic (exact) mass is 614 g/mol. The molecule has 2 amide bonds. The van der Waals surface area contributed by atoms with Crippen LogP contribution in [0.3, 0.4) is 0 Å². The first-order valence-corrected chi connectivity index (χ1v) is 18.2. The first-order chi connectivity index (χ1) is 19.9. The summed E-state index contributed by atoms with van der Waals surface area (Å²) >= 11 is 0. The summed E-state index contributed by atoms with van der Waals surface area (Å²) in [5.41, 5.74) is 2.25. The molecule has 1 aromatic carbocycles. The highest BCUT2D eigenvalue weighted by Crippen LogP contribution is 2.38. The average Bonchev–Trinajstić information content (AvgIpc) is 3.44. The molecule has 0 saturated carbocycles. The van der Waals surface area contributed by atoms with Gasteiger partial charge in [-0.3, -0.25) is 4.79 Å². The van der Waals surface area contributed by atoms with Crippen molar-refractivity contribution in [2.24, 2.45) is 17.3 Å². The maximum Gasteiger partial charge on any atom is 0.410 e. The quantitative estimate of drug-likeness (QED) is 0.201. The number of benzene rings is 1. The molecule has 1 unspecified atom stereocenters. The summed E-state index contributed by atoms with van der Waals surface area (Å²) in [6, 6.07) is 6.05. The van der Waals surface area contributed by atoms with Gasteiger partial charge in [0.2, 0.25) is 9.04 Å². The van der Waals surface area contributed by atoms with Crippen molar-refractivity contribution in [3.8, 4) is 0 Å². The van der Waals surface area contributed by atoms with Gasteiger partial charge in [0.1, 0.15) is 5.60 Å². The van der Waals surface area contributed by atoms with Crippen LogP contribution in [0, 0.1) is 24.2 Å². The molecule has 0 N–H and O–H groups in total. The van der Waals surface area contributed by atoms with E-state index in [9.17, 15) is 9.59 Å². The number of carbonyl (C=O) groups excluding carboxylic acids is 2. The maximum absolute atomic E-state index is 14.2. The first-order valence-electron chi connectivity index (χ1n) is 15.8. The van der Waals surface area contributed by atoms with Crippen molar-refractivity contribution in [3.05, 3.63) is 35.5 Å². The van der Waals surface area contributed by atoms with Gasteiger partial charge in [0.05, 0.1) is 6.10 Å². The van der Waals surface area contributed by atoms with E-state index in [0.29, 0.717) is 31.8 Å². The third kappa shape index (κ3) is 9.08. The van der Waals surface area contributed by atoms with Gasteiger partial charge in [-0.15, -0.1) is 0 Å². The number of hydrogen-bond acceptors (Lipinski definition) is 5. The molecule has 0 spiro atoms. The van der Waals surface area contributed by atoms with Crippen LogP contribution >= 0.6 is 0 Å². The molecule has 2 aromatic rings. The Kier molecular flexibility index (Phi) is 11.6. The van der Waals surface area contributed by atoms with E-state index in [2.05, 4.69) is 71.5 Å². The van der Waals surface area contributed by atoms with E-state index in [-0.39, 0.29) is 41.4 Å². The smallest absolute Gasteiger partial charge is 0.410 e. The largest absolute Gasteiger partial charge is 0.444 e. The number of amides is 2. The molecule has 8 nitrogen and oxygen atoms in total. The summed E-state index contributed by atoms with van der Waals surface area (Å²) in [6.07, 6.45) is 2.71. The van der Waals surface area contributed by atoms with E-state index in [4.69, 9.17) is 13.9 Å². The van der Waals surface area contributed by atoms with Gasteiger partial charge in [-0.25, -0.2) is 4.79 Å². The Balaban J connectivity index is 1.95. The zero-order valence-corrected chi connectivity index (χ0v) is 29.7. The number of hydrogen-bond donors (Lipinski definition) is 0. The standard InChI is InChI=1S/C34H56N3O5Si/c1-23(2)37(31(38)25-14-15-27-24(3)19-35(29(27)18-25)16-13-17-40-10)21-26-20-36(32(39)41-34(7,8)9)22-28(26)30(33(4,5)6)42-43(11)12/h14-15,18-19,23,26,28,30H,13,16-17,20-22H2,1-12H3/t26-,28+,30?/m0/s1. The van der Waals surface area contributed by atoms with Crippen LogP contribution in [0.1, 0.15) is 77.7 Å². The number of methoxy groups -OCH3 is 1. The average molecular weight is 615 g/mol. The van der Waals surface area contributed by atoms with Gasteiger partial charge in [0.15, 0.2) is 0 Å². The SMILES string of the molecule is COCCCn1cc(C)c2ccc(C(=O)N(C[C@@H]3CN(C(=O)OC(C)(C)C)C[C@H]3C(O[Si](C)C)C(C)(C)C)C(C)C)cc21. The van der Waals surface area contributed by atoms with Crippen molar-refractivity contribution in [3.63, 3.8) is 0 Å². The maximum atomic E-state index is 14.2. The number of aromatic nitrogens is 1. The second-order valence-electron chi connectivity index (χ2n) is 14.8. The highest BCUT2D eigenvalue weighted by molar-refractivity contribution is 6.48. The molecule has 1 radical (unpaired) electrons. The molecule has 1 fully saturated rings. The topological polar surface area (TPSA) is 73.2 Å². The molecule has 3 rings (SSSR count). The molecule has 1 saturated heterocycles. The molecule has 1 aromatic heterocycles. The Hall–Kier alpha value is -2.36. The molecule has 241 valence electrons. The highest BCUT2D eigenvalue weighted by atomic mass is 28.3. The molecule has 9 heteroatoms. The fourth-order valence-corrected chi connectivity index (χ4v) is 7.22. The Bertz CT molecular complexity index is 1240. The van der Waals surface area contributed by atoms with Gasteiger partial charge in [-0.1, -0.05) is 26.8 Å². The van der Waals surface area contributed by atoms with Gasteiger partial charge in [0.25, 0.3) is 5.91 Å². The van der Waals surface area contributed by atoms with Gasteiger partial charge in [0, 0.05) is 80.4 Å². The van der Waals surface area contributed by atoms with Crippen molar-refractivity contribution < 1.29 is 23.5 Å². The predicted molar refractivity (Wildman–Crippen MR) is 176 cm³/mol. The molecule has 2 heterocycles. The van der Waals surface area contributed by atoms with E-state index in [1.165, 1.54) is 5.56 Å². The number of ether oxygens (including phenoxy) is 2. The number of nitrogens with zero attached hydrogens (tertiary/aromatic N) is 3. The number of rotatable bonds is 11. The Morgan fingerprint density at radius 1 is 1.09 bits per heavy atom. The van der Waals surface area contributed by atoms with Crippen LogP contribution < -0.4 is 0 Å². The van der Waals surface area contributed by atoms with Gasteiger partial charge < -0.3 is 28.3 Å². The minimum absolute atomic E-state index is 0.0117. The van der Waals surface area contributed by atoms with E-state index in [1.54, 1.807) is 7.11 Å². The van der Waals surface area contributed by atoms with Crippen LogP contribution in [0.15, 0.2) is 24.4 Å². The normalized spacial score (nSPS) is 18.6. The van der Waals surface area contributed by atoms with Gasteiger partial charge in [-0.2, -0.15) is 0 Å². The summed E-state index contributed by atoms with van der Waals surface area (Å²) in [5.74, 6) is 0.135. The van der Waals surface area contributed by atoms with Crippen LogP contribution in [0.4, 0.5) is 4.79 Å². The van der Waals surface area contributed by atoms with E-state index in [0.717, 1.165) is 23.9 Å². The molecular weight excluding hydrogens is 558 g/mol. The van der Waals surface area contributed by atoms with Gasteiger partial charge in [-0.05, 0) is 84.2 Å². The second kappa shape index (κ2) is 14.2. The third-order valence-corrected chi connectivity index (χ3v) is 8.87. The summed E-state index contributed by atoms with van der Waals surface area (Å²) in [7, 11) is 0.720. The Morgan fingerprint density at radius 3 is 2.33 bits per heavy atom. The molecule has 3 atom stereocenters. The minimum Gasteiger partial charge on any atom is -0.444 e. The van der Waals surface area contributed by atoms with Crippen LogP contribution in [0.5, 0.6) is 0 Å². The van der Waals surface area contributed by atoms with Crippen LogP contribution in [0.2, 0.25) is 13.1 Å². The number of carbonyl (C=O) groups is 2. The fourth-order valence-electron chi connectivity index (χ4n) is 6.19. The minimum atomic E-state index is -1.00. The van der Waals surface area contributed by atoms with Crippen molar-refractivity contribution in [2.75, 3.05) is 33.4 Å². The van der Waals surface area contributed by atoms with Crippen molar-refractivity contribution in [1.82, 2.24) is 14.4 Å². The number of fused-ring (bicyclic) bond motifs is 1. The zero-order chi connectivity index (χ0) is 32.3. The summed E-state index contributed by atoms with van der Waals surface area (Å²) in [4.78, 5) is 31.3. The summed E-state index contributed by atoms with van der Waals surface area (Å²) in [6.45, 7) is 26.0. The second-order valence-corrected chi connectivity index (χ2v) is 16.8. The number of likely N-dealkylation sites (tertiary alicyclic amines) is 1. The molecule has 1 aliphatic rings. The summed E-state index contributed by atoms with van der Waals surface area (Å²) < 4.78 is 19.9. The van der Waals surface area contributed by atoms with E-state index < -0.39 is 14.6 Å². The fraction of sp³-hybridized carbons (Fsp3) is 0.706. The molecular formula is C34H56N3O5Si. The van der Waals surface area contributed by atoms with Crippen LogP contribution in [-0.4, -0.2) is 86.5 Å². The Labute approximate surface area is 261 Å².